The lowest BCUT2D eigenvalue weighted by Gasteiger charge is -2.18. The topological polar surface area (TPSA) is 101 Å². The van der Waals surface area contributed by atoms with E-state index in [0.29, 0.717) is 36.4 Å². The second-order valence-electron chi connectivity index (χ2n) is 7.58. The van der Waals surface area contributed by atoms with Crippen LogP contribution in [0.25, 0.3) is 0 Å². The summed E-state index contributed by atoms with van der Waals surface area (Å²) in [5, 5.41) is 12.7. The fourth-order valence-electron chi connectivity index (χ4n) is 3.36. The van der Waals surface area contributed by atoms with Gasteiger partial charge in [-0.05, 0) is 43.5 Å². The van der Waals surface area contributed by atoms with Crippen LogP contribution >= 0.6 is 11.3 Å². The standard InChI is InChI=1S/C20H28N4O4S2/c1-24(13-6-14-28-16-9-11-17(12-10-16)30(2,26)27)20(25)21-19-23-22-18(29-19)15-7-4-3-5-8-15/h9-12,15H,3-8,13-14H2,1-2H3,(H,21,23,25). The molecule has 0 aliphatic heterocycles. The number of aromatic nitrogens is 2. The van der Waals surface area contributed by atoms with E-state index < -0.39 is 9.84 Å². The lowest BCUT2D eigenvalue weighted by Crippen LogP contribution is -2.32. The van der Waals surface area contributed by atoms with Crippen LogP contribution in [-0.2, 0) is 9.84 Å². The zero-order valence-electron chi connectivity index (χ0n) is 17.3. The number of nitrogens with zero attached hydrogens (tertiary/aromatic N) is 3. The highest BCUT2D eigenvalue weighted by Gasteiger charge is 2.20. The molecule has 1 aliphatic rings. The maximum atomic E-state index is 12.3. The predicted molar refractivity (Wildman–Crippen MR) is 117 cm³/mol. The second-order valence-corrected chi connectivity index (χ2v) is 10.6. The molecule has 0 atom stereocenters. The number of urea groups is 1. The number of carbonyl (C=O) groups is 1. The number of carbonyl (C=O) groups excluding carboxylic acids is 1. The van der Waals surface area contributed by atoms with Crippen molar-refractivity contribution in [3.63, 3.8) is 0 Å². The molecular formula is C20H28N4O4S2. The van der Waals surface area contributed by atoms with Crippen LogP contribution in [-0.4, -0.2) is 56.0 Å². The Kier molecular flexibility index (Phi) is 7.65. The summed E-state index contributed by atoms with van der Waals surface area (Å²) in [6, 6.07) is 6.08. The van der Waals surface area contributed by atoms with Crippen molar-refractivity contribution in [3.8, 4) is 5.75 Å². The fourth-order valence-corrected chi connectivity index (χ4v) is 4.90. The number of hydrogen-bond donors (Lipinski definition) is 1. The minimum Gasteiger partial charge on any atom is -0.494 e. The summed E-state index contributed by atoms with van der Waals surface area (Å²) in [7, 11) is -1.49. The lowest BCUT2D eigenvalue weighted by molar-refractivity contribution is 0.216. The van der Waals surface area contributed by atoms with Gasteiger partial charge in [-0.2, -0.15) is 0 Å². The minimum atomic E-state index is -3.21. The van der Waals surface area contributed by atoms with Crippen LogP contribution < -0.4 is 10.1 Å². The van der Waals surface area contributed by atoms with Gasteiger partial charge in [0.05, 0.1) is 11.5 Å². The Morgan fingerprint density at radius 1 is 1.20 bits per heavy atom. The van der Waals surface area contributed by atoms with Gasteiger partial charge in [0.15, 0.2) is 9.84 Å². The summed E-state index contributed by atoms with van der Waals surface area (Å²) in [5.74, 6) is 1.07. The first-order valence-electron chi connectivity index (χ1n) is 10.1. The highest BCUT2D eigenvalue weighted by Crippen LogP contribution is 2.35. The molecule has 0 bridgehead atoms. The van der Waals surface area contributed by atoms with Gasteiger partial charge in [0.25, 0.3) is 0 Å². The highest BCUT2D eigenvalue weighted by atomic mass is 32.2. The van der Waals surface area contributed by atoms with Gasteiger partial charge in [0.2, 0.25) is 5.13 Å². The zero-order valence-corrected chi connectivity index (χ0v) is 19.0. The van der Waals surface area contributed by atoms with Gasteiger partial charge in [-0.3, -0.25) is 5.32 Å². The number of hydrogen-bond acceptors (Lipinski definition) is 7. The summed E-state index contributed by atoms with van der Waals surface area (Å²) in [6.07, 6.45) is 7.87. The average molecular weight is 453 g/mol. The van der Waals surface area contributed by atoms with E-state index in [1.807, 2.05) is 0 Å². The number of anilines is 1. The number of ether oxygens (including phenoxy) is 1. The highest BCUT2D eigenvalue weighted by molar-refractivity contribution is 7.90. The van der Waals surface area contributed by atoms with Gasteiger partial charge >= 0.3 is 6.03 Å². The molecule has 1 aromatic heterocycles. The van der Waals surface area contributed by atoms with Crippen molar-refractivity contribution in [2.24, 2.45) is 0 Å². The lowest BCUT2D eigenvalue weighted by atomic mass is 9.90. The molecular weight excluding hydrogens is 424 g/mol. The third-order valence-electron chi connectivity index (χ3n) is 5.11. The number of nitrogens with one attached hydrogen (secondary N) is 1. The van der Waals surface area contributed by atoms with E-state index in [0.717, 1.165) is 17.8 Å². The van der Waals surface area contributed by atoms with Gasteiger partial charge in [0.1, 0.15) is 10.8 Å². The molecule has 1 aliphatic carbocycles. The monoisotopic (exact) mass is 452 g/mol. The molecule has 0 spiro atoms. The maximum absolute atomic E-state index is 12.3. The Hall–Kier alpha value is -2.20. The van der Waals surface area contributed by atoms with Gasteiger partial charge in [-0.25, -0.2) is 13.2 Å². The van der Waals surface area contributed by atoms with Crippen molar-refractivity contribution in [1.29, 1.82) is 0 Å². The molecule has 2 aromatic rings. The third kappa shape index (κ3) is 6.40. The molecule has 8 nitrogen and oxygen atoms in total. The van der Waals surface area contributed by atoms with Gasteiger partial charge in [-0.15, -0.1) is 10.2 Å². The molecule has 1 saturated carbocycles. The van der Waals surface area contributed by atoms with E-state index in [1.165, 1.54) is 49.0 Å². The van der Waals surface area contributed by atoms with Gasteiger partial charge in [-0.1, -0.05) is 30.6 Å². The predicted octanol–water partition coefficient (Wildman–Crippen LogP) is 3.92. The Labute approximate surface area is 181 Å². The maximum Gasteiger partial charge on any atom is 0.323 e. The fraction of sp³-hybridized carbons (Fsp3) is 0.550. The molecule has 0 unspecified atom stereocenters. The first kappa shape index (κ1) is 22.5. The van der Waals surface area contributed by atoms with Crippen LogP contribution in [0.15, 0.2) is 29.2 Å². The quantitative estimate of drug-likeness (QED) is 0.609. The van der Waals surface area contributed by atoms with Crippen molar-refractivity contribution in [2.75, 3.05) is 31.8 Å². The molecule has 0 saturated heterocycles. The second kappa shape index (κ2) is 10.2. The summed E-state index contributed by atoms with van der Waals surface area (Å²) < 4.78 is 28.5. The van der Waals surface area contributed by atoms with Crippen LogP contribution in [0, 0.1) is 0 Å². The van der Waals surface area contributed by atoms with Gasteiger partial charge in [0, 0.05) is 25.8 Å². The number of rotatable bonds is 8. The Bertz CT molecular complexity index is 938. The molecule has 164 valence electrons. The van der Waals surface area contributed by atoms with Gasteiger partial charge < -0.3 is 9.64 Å². The summed E-state index contributed by atoms with van der Waals surface area (Å²) in [6.45, 7) is 0.933. The van der Waals surface area contributed by atoms with E-state index >= 15 is 0 Å². The molecule has 1 aromatic carbocycles. The van der Waals surface area contributed by atoms with Crippen LogP contribution in [0.3, 0.4) is 0 Å². The summed E-state index contributed by atoms with van der Waals surface area (Å²) in [4.78, 5) is 14.2. The van der Waals surface area contributed by atoms with E-state index in [9.17, 15) is 13.2 Å². The van der Waals surface area contributed by atoms with Crippen molar-refractivity contribution >= 4 is 32.3 Å². The molecule has 1 N–H and O–H groups in total. The van der Waals surface area contributed by atoms with E-state index in [-0.39, 0.29) is 10.9 Å². The third-order valence-corrected chi connectivity index (χ3v) is 7.24. The largest absolute Gasteiger partial charge is 0.494 e. The van der Waals surface area contributed by atoms with Crippen molar-refractivity contribution in [1.82, 2.24) is 15.1 Å². The van der Waals surface area contributed by atoms with E-state index in [4.69, 9.17) is 4.74 Å². The Morgan fingerprint density at radius 2 is 1.90 bits per heavy atom. The average Bonchev–Trinajstić information content (AvgIpc) is 3.20. The molecule has 1 heterocycles. The Morgan fingerprint density at radius 3 is 2.57 bits per heavy atom. The smallest absolute Gasteiger partial charge is 0.323 e. The van der Waals surface area contributed by atoms with Crippen LogP contribution in [0.5, 0.6) is 5.75 Å². The van der Waals surface area contributed by atoms with E-state index in [2.05, 4.69) is 15.5 Å². The summed E-state index contributed by atoms with van der Waals surface area (Å²) >= 11 is 1.47. The van der Waals surface area contributed by atoms with Crippen molar-refractivity contribution < 1.29 is 17.9 Å². The van der Waals surface area contributed by atoms with Crippen LogP contribution in [0.2, 0.25) is 0 Å². The SMILES string of the molecule is CN(CCCOc1ccc(S(C)(=O)=O)cc1)C(=O)Nc1nnc(C2CCCCC2)s1. The molecule has 0 radical (unpaired) electrons. The minimum absolute atomic E-state index is 0.223. The van der Waals surface area contributed by atoms with Crippen LogP contribution in [0.1, 0.15) is 49.5 Å². The molecule has 1 fully saturated rings. The number of benzene rings is 1. The van der Waals surface area contributed by atoms with Crippen molar-refractivity contribution in [2.45, 2.75) is 49.3 Å². The number of sulfone groups is 1. The summed E-state index contributed by atoms with van der Waals surface area (Å²) in [5.41, 5.74) is 0. The van der Waals surface area contributed by atoms with E-state index in [1.54, 1.807) is 24.1 Å². The molecule has 30 heavy (non-hydrogen) atoms. The Balaban J connectivity index is 1.39. The molecule has 10 heteroatoms. The van der Waals surface area contributed by atoms with Crippen molar-refractivity contribution in [3.05, 3.63) is 29.3 Å². The normalized spacial score (nSPS) is 15.0. The first-order valence-corrected chi connectivity index (χ1v) is 12.8. The molecule has 2 amide bonds. The zero-order chi connectivity index (χ0) is 21.6. The number of amides is 2. The van der Waals surface area contributed by atoms with Crippen LogP contribution in [0.4, 0.5) is 9.93 Å². The first-order chi connectivity index (χ1) is 14.3. The molecule has 3 rings (SSSR count).